The first-order valence-corrected chi connectivity index (χ1v) is 11.8. The Balaban J connectivity index is 1.56. The second-order valence-corrected chi connectivity index (χ2v) is 9.74. The fraction of sp³-hybridized carbons (Fsp3) is 0.409. The van der Waals surface area contributed by atoms with E-state index in [1.54, 1.807) is 11.8 Å². The van der Waals surface area contributed by atoms with Crippen molar-refractivity contribution in [3.63, 3.8) is 0 Å². The Kier molecular flexibility index (Phi) is 7.15. The van der Waals surface area contributed by atoms with Gasteiger partial charge in [-0.2, -0.15) is 4.31 Å². The first kappa shape index (κ1) is 23.7. The number of nitro groups is 1. The first-order chi connectivity index (χ1) is 15.1. The van der Waals surface area contributed by atoms with Crippen LogP contribution >= 0.6 is 0 Å². The summed E-state index contributed by atoms with van der Waals surface area (Å²) in [4.78, 5) is 24.5. The van der Waals surface area contributed by atoms with Gasteiger partial charge in [-0.25, -0.2) is 8.42 Å². The van der Waals surface area contributed by atoms with Crippen molar-refractivity contribution in [2.75, 3.05) is 32.8 Å². The third kappa shape index (κ3) is 5.25. The van der Waals surface area contributed by atoms with Crippen molar-refractivity contribution in [1.82, 2.24) is 9.21 Å². The number of carbonyl (C=O) groups is 1. The summed E-state index contributed by atoms with van der Waals surface area (Å²) < 4.78 is 33.0. The van der Waals surface area contributed by atoms with Crippen molar-refractivity contribution in [2.45, 2.75) is 32.1 Å². The number of non-ortho nitro benzene ring substituents is 1. The molecule has 2 aromatic carbocycles. The maximum Gasteiger partial charge on any atom is 0.270 e. The van der Waals surface area contributed by atoms with Crippen molar-refractivity contribution in [1.29, 1.82) is 0 Å². The number of carbonyl (C=O) groups excluding carboxylic acids is 1. The van der Waals surface area contributed by atoms with Crippen LogP contribution in [0.25, 0.3) is 0 Å². The second-order valence-electron chi connectivity index (χ2n) is 7.84. The Hall–Kier alpha value is -2.98. The number of amides is 1. The molecule has 0 radical (unpaired) electrons. The molecule has 0 unspecified atom stereocenters. The number of nitro benzene ring substituents is 1. The molecule has 0 aliphatic carbocycles. The lowest BCUT2D eigenvalue weighted by atomic mass is 10.1. The third-order valence-electron chi connectivity index (χ3n) is 5.65. The number of hydrogen-bond donors (Lipinski definition) is 0. The SMILES string of the molecule is Cc1ccc(OCCC(=O)N2CCN(S(=O)(=O)c3cc([N+](=O)[O-])ccc3C)CC2)cc1C. The molecule has 10 heteroatoms. The normalized spacial score (nSPS) is 14.9. The first-order valence-electron chi connectivity index (χ1n) is 10.3. The lowest BCUT2D eigenvalue weighted by molar-refractivity contribution is -0.385. The zero-order chi connectivity index (χ0) is 23.5. The van der Waals surface area contributed by atoms with E-state index in [1.807, 2.05) is 32.0 Å². The van der Waals surface area contributed by atoms with Crippen molar-refractivity contribution >= 4 is 21.6 Å². The van der Waals surface area contributed by atoms with E-state index < -0.39 is 14.9 Å². The monoisotopic (exact) mass is 461 g/mol. The lowest BCUT2D eigenvalue weighted by Gasteiger charge is -2.34. The van der Waals surface area contributed by atoms with Crippen LogP contribution < -0.4 is 4.74 Å². The zero-order valence-electron chi connectivity index (χ0n) is 18.4. The molecule has 1 amide bonds. The quantitative estimate of drug-likeness (QED) is 0.463. The third-order valence-corrected chi connectivity index (χ3v) is 7.70. The van der Waals surface area contributed by atoms with Crippen LogP contribution in [-0.2, 0) is 14.8 Å². The average Bonchev–Trinajstić information content (AvgIpc) is 2.76. The molecule has 0 spiro atoms. The van der Waals surface area contributed by atoms with Gasteiger partial charge in [0.25, 0.3) is 5.69 Å². The molecule has 0 aromatic heterocycles. The molecule has 0 N–H and O–H groups in total. The van der Waals surface area contributed by atoms with Gasteiger partial charge in [-0.3, -0.25) is 14.9 Å². The highest BCUT2D eigenvalue weighted by Crippen LogP contribution is 2.25. The molecule has 2 aromatic rings. The van der Waals surface area contributed by atoms with Crippen molar-refractivity contribution in [2.24, 2.45) is 0 Å². The maximum atomic E-state index is 13.0. The van der Waals surface area contributed by atoms with Crippen LogP contribution in [0.5, 0.6) is 5.75 Å². The van der Waals surface area contributed by atoms with Gasteiger partial charge in [0.1, 0.15) is 5.75 Å². The molecule has 32 heavy (non-hydrogen) atoms. The van der Waals surface area contributed by atoms with Crippen LogP contribution in [0.2, 0.25) is 0 Å². The van der Waals surface area contributed by atoms with E-state index in [4.69, 9.17) is 4.74 Å². The van der Waals surface area contributed by atoms with Crippen LogP contribution in [-0.4, -0.2) is 61.2 Å². The van der Waals surface area contributed by atoms with Gasteiger partial charge < -0.3 is 9.64 Å². The summed E-state index contributed by atoms with van der Waals surface area (Å²) in [6.07, 6.45) is 0.198. The van der Waals surface area contributed by atoms with E-state index >= 15 is 0 Å². The van der Waals surface area contributed by atoms with Gasteiger partial charge in [-0.15, -0.1) is 0 Å². The van der Waals surface area contributed by atoms with Crippen LogP contribution in [0.4, 0.5) is 5.69 Å². The van der Waals surface area contributed by atoms with Gasteiger partial charge in [0.15, 0.2) is 0 Å². The molecule has 0 atom stereocenters. The molecule has 172 valence electrons. The zero-order valence-corrected chi connectivity index (χ0v) is 19.2. The topological polar surface area (TPSA) is 110 Å². The number of benzene rings is 2. The highest BCUT2D eigenvalue weighted by Gasteiger charge is 2.32. The minimum Gasteiger partial charge on any atom is -0.493 e. The fourth-order valence-electron chi connectivity index (χ4n) is 3.52. The van der Waals surface area contributed by atoms with Crippen LogP contribution in [0.3, 0.4) is 0 Å². The number of nitrogens with zero attached hydrogens (tertiary/aromatic N) is 3. The van der Waals surface area contributed by atoms with Gasteiger partial charge in [-0.1, -0.05) is 12.1 Å². The lowest BCUT2D eigenvalue weighted by Crippen LogP contribution is -2.50. The molecule has 0 bridgehead atoms. The molecule has 1 heterocycles. The van der Waals surface area contributed by atoms with E-state index in [-0.39, 0.29) is 55.7 Å². The average molecular weight is 462 g/mol. The Labute approximate surface area is 187 Å². The summed E-state index contributed by atoms with van der Waals surface area (Å²) in [7, 11) is -3.89. The maximum absolute atomic E-state index is 13.0. The van der Waals surface area contributed by atoms with E-state index in [0.717, 1.165) is 11.6 Å². The van der Waals surface area contributed by atoms with E-state index in [9.17, 15) is 23.3 Å². The molecule has 1 fully saturated rings. The largest absolute Gasteiger partial charge is 0.493 e. The van der Waals surface area contributed by atoms with Gasteiger partial charge in [0.2, 0.25) is 15.9 Å². The van der Waals surface area contributed by atoms with Crippen LogP contribution in [0.15, 0.2) is 41.3 Å². The molecule has 0 saturated carbocycles. The molecule has 3 rings (SSSR count). The number of piperazine rings is 1. The minimum absolute atomic E-state index is 0.0757. The summed E-state index contributed by atoms with van der Waals surface area (Å²) in [5.74, 6) is 0.613. The minimum atomic E-state index is -3.89. The summed E-state index contributed by atoms with van der Waals surface area (Å²) in [5.41, 5.74) is 2.45. The smallest absolute Gasteiger partial charge is 0.270 e. The van der Waals surface area contributed by atoms with Crippen molar-refractivity contribution < 1.29 is 22.9 Å². The Morgan fingerprint density at radius 2 is 1.66 bits per heavy atom. The molecule has 9 nitrogen and oxygen atoms in total. The number of hydrogen-bond acceptors (Lipinski definition) is 6. The summed E-state index contributed by atoms with van der Waals surface area (Å²) in [5, 5.41) is 11.0. The van der Waals surface area contributed by atoms with E-state index in [2.05, 4.69) is 0 Å². The summed E-state index contributed by atoms with van der Waals surface area (Å²) in [6, 6.07) is 9.57. The van der Waals surface area contributed by atoms with Gasteiger partial charge >= 0.3 is 0 Å². The van der Waals surface area contributed by atoms with Crippen molar-refractivity contribution in [3.05, 3.63) is 63.2 Å². The summed E-state index contributed by atoms with van der Waals surface area (Å²) >= 11 is 0. The van der Waals surface area contributed by atoms with Gasteiger partial charge in [-0.05, 0) is 49.6 Å². The fourth-order valence-corrected chi connectivity index (χ4v) is 5.18. The van der Waals surface area contributed by atoms with Crippen molar-refractivity contribution in [3.8, 4) is 5.75 Å². The Morgan fingerprint density at radius 3 is 2.28 bits per heavy atom. The highest BCUT2D eigenvalue weighted by molar-refractivity contribution is 7.89. The number of sulfonamides is 1. The van der Waals surface area contributed by atoms with Crippen LogP contribution in [0, 0.1) is 30.9 Å². The molecule has 1 saturated heterocycles. The Morgan fingerprint density at radius 1 is 1.00 bits per heavy atom. The van der Waals surface area contributed by atoms with E-state index in [0.29, 0.717) is 11.3 Å². The standard InChI is InChI=1S/C22H27N3O6S/c1-16-5-7-20(14-18(16)3)31-13-8-22(26)23-9-11-24(12-10-23)32(29,30)21-15-19(25(27)28)6-4-17(21)2/h4-7,14-15H,8-13H2,1-3H3. The summed E-state index contributed by atoms with van der Waals surface area (Å²) in [6.45, 7) is 6.64. The van der Waals surface area contributed by atoms with Gasteiger partial charge in [0, 0.05) is 38.3 Å². The molecule has 1 aliphatic heterocycles. The van der Waals surface area contributed by atoms with Gasteiger partial charge in [0.05, 0.1) is 22.8 Å². The highest BCUT2D eigenvalue weighted by atomic mass is 32.2. The molecular formula is C22H27N3O6S. The van der Waals surface area contributed by atoms with Crippen LogP contribution in [0.1, 0.15) is 23.1 Å². The molecular weight excluding hydrogens is 434 g/mol. The van der Waals surface area contributed by atoms with E-state index in [1.165, 1.54) is 22.0 Å². The predicted octanol–water partition coefficient (Wildman–Crippen LogP) is 2.82. The second kappa shape index (κ2) is 9.66. The number of aryl methyl sites for hydroxylation is 3. The predicted molar refractivity (Wildman–Crippen MR) is 119 cm³/mol. The Bertz CT molecular complexity index is 1120. The molecule has 1 aliphatic rings. The number of ether oxygens (including phenoxy) is 1. The number of rotatable bonds is 7.